The summed E-state index contributed by atoms with van der Waals surface area (Å²) in [6.45, 7) is 4.73. The number of aromatic nitrogens is 1. The zero-order valence-corrected chi connectivity index (χ0v) is 10.6. The van der Waals surface area contributed by atoms with Gasteiger partial charge in [-0.15, -0.1) is 0 Å². The first-order valence-electron chi connectivity index (χ1n) is 6.11. The summed E-state index contributed by atoms with van der Waals surface area (Å²) >= 11 is 0. The number of nitrogens with zero attached hydrogens (tertiary/aromatic N) is 2. The zero-order chi connectivity index (χ0) is 13.1. The van der Waals surface area contributed by atoms with Gasteiger partial charge in [0, 0.05) is 19.3 Å². The molecule has 0 radical (unpaired) electrons. The van der Waals surface area contributed by atoms with Gasteiger partial charge in [-0.25, -0.2) is 0 Å². The molecule has 0 bridgehead atoms. The lowest BCUT2D eigenvalue weighted by atomic mass is 10.2. The molecular weight excluding hydrogens is 230 g/mol. The number of rotatable bonds is 4. The minimum atomic E-state index is -0.404. The number of likely N-dealkylation sites (N-methyl/N-ethyl adjacent to an activating group) is 1. The largest absolute Gasteiger partial charge is 0.300 e. The SMILES string of the molecule is CCN1C(=O)CC(NCc2ncccc2C)C1=O. The van der Waals surface area contributed by atoms with E-state index in [0.29, 0.717) is 13.1 Å². The summed E-state index contributed by atoms with van der Waals surface area (Å²) in [4.78, 5) is 29.0. The lowest BCUT2D eigenvalue weighted by Gasteiger charge is -2.13. The van der Waals surface area contributed by atoms with Crippen molar-refractivity contribution in [1.29, 1.82) is 0 Å². The van der Waals surface area contributed by atoms with Crippen molar-refractivity contribution in [2.45, 2.75) is 32.9 Å². The fourth-order valence-corrected chi connectivity index (χ4v) is 2.10. The molecule has 1 aromatic heterocycles. The Bertz CT molecular complexity index is 473. The van der Waals surface area contributed by atoms with Crippen molar-refractivity contribution in [3.05, 3.63) is 29.6 Å². The van der Waals surface area contributed by atoms with Crippen LogP contribution in [0.3, 0.4) is 0 Å². The van der Waals surface area contributed by atoms with Crippen LogP contribution < -0.4 is 5.32 Å². The smallest absolute Gasteiger partial charge is 0.246 e. The van der Waals surface area contributed by atoms with Gasteiger partial charge in [0.25, 0.3) is 0 Å². The summed E-state index contributed by atoms with van der Waals surface area (Å²) in [5.41, 5.74) is 1.99. The van der Waals surface area contributed by atoms with E-state index in [9.17, 15) is 9.59 Å². The van der Waals surface area contributed by atoms with Crippen molar-refractivity contribution in [2.24, 2.45) is 0 Å². The molecule has 5 heteroatoms. The molecule has 2 heterocycles. The van der Waals surface area contributed by atoms with Crippen LogP contribution in [-0.2, 0) is 16.1 Å². The Morgan fingerprint density at radius 2 is 2.28 bits per heavy atom. The van der Waals surface area contributed by atoms with Crippen LogP contribution in [0.4, 0.5) is 0 Å². The highest BCUT2D eigenvalue weighted by atomic mass is 16.2. The molecular formula is C13H17N3O2. The molecule has 1 aliphatic heterocycles. The van der Waals surface area contributed by atoms with Crippen molar-refractivity contribution in [3.8, 4) is 0 Å². The summed E-state index contributed by atoms with van der Waals surface area (Å²) in [7, 11) is 0. The average Bonchev–Trinajstić information content (AvgIpc) is 2.63. The van der Waals surface area contributed by atoms with Crippen molar-refractivity contribution in [2.75, 3.05) is 6.54 Å². The van der Waals surface area contributed by atoms with Crippen LogP contribution in [0.5, 0.6) is 0 Å². The number of carbonyl (C=O) groups excluding carboxylic acids is 2. The van der Waals surface area contributed by atoms with E-state index in [1.54, 1.807) is 13.1 Å². The first-order chi connectivity index (χ1) is 8.63. The van der Waals surface area contributed by atoms with E-state index in [-0.39, 0.29) is 18.2 Å². The fourth-order valence-electron chi connectivity index (χ4n) is 2.10. The summed E-state index contributed by atoms with van der Waals surface area (Å²) in [6.07, 6.45) is 1.97. The normalized spacial score (nSPS) is 19.7. The Morgan fingerprint density at radius 1 is 1.50 bits per heavy atom. The molecule has 1 N–H and O–H groups in total. The van der Waals surface area contributed by atoms with Gasteiger partial charge in [-0.3, -0.25) is 24.8 Å². The Labute approximate surface area is 106 Å². The molecule has 18 heavy (non-hydrogen) atoms. The Kier molecular flexibility index (Phi) is 3.72. The fraction of sp³-hybridized carbons (Fsp3) is 0.462. The minimum absolute atomic E-state index is 0.0993. The second-order valence-corrected chi connectivity index (χ2v) is 4.38. The molecule has 2 rings (SSSR count). The van der Waals surface area contributed by atoms with Gasteiger partial charge >= 0.3 is 0 Å². The van der Waals surface area contributed by atoms with Crippen molar-refractivity contribution >= 4 is 11.8 Å². The van der Waals surface area contributed by atoms with Gasteiger partial charge in [0.1, 0.15) is 0 Å². The van der Waals surface area contributed by atoms with E-state index in [4.69, 9.17) is 0 Å². The van der Waals surface area contributed by atoms with Gasteiger partial charge in [0.2, 0.25) is 11.8 Å². The summed E-state index contributed by atoms with van der Waals surface area (Å²) in [6, 6.07) is 3.45. The predicted octanol–water partition coefficient (Wildman–Crippen LogP) is 0.627. The van der Waals surface area contributed by atoms with Crippen LogP contribution in [0.2, 0.25) is 0 Å². The van der Waals surface area contributed by atoms with Gasteiger partial charge in [-0.1, -0.05) is 6.07 Å². The molecule has 0 aromatic carbocycles. The highest BCUT2D eigenvalue weighted by molar-refractivity contribution is 6.05. The molecule has 0 aliphatic carbocycles. The van der Waals surface area contributed by atoms with E-state index in [2.05, 4.69) is 10.3 Å². The summed E-state index contributed by atoms with van der Waals surface area (Å²) in [5, 5.41) is 3.11. The van der Waals surface area contributed by atoms with Gasteiger partial charge < -0.3 is 0 Å². The Balaban J connectivity index is 1.98. The molecule has 1 saturated heterocycles. The van der Waals surface area contributed by atoms with E-state index in [0.717, 1.165) is 11.3 Å². The van der Waals surface area contributed by atoms with Gasteiger partial charge in [-0.2, -0.15) is 0 Å². The molecule has 0 spiro atoms. The van der Waals surface area contributed by atoms with Crippen LogP contribution in [-0.4, -0.2) is 34.3 Å². The van der Waals surface area contributed by atoms with E-state index < -0.39 is 6.04 Å². The molecule has 96 valence electrons. The van der Waals surface area contributed by atoms with Crippen LogP contribution in [0, 0.1) is 6.92 Å². The van der Waals surface area contributed by atoms with Crippen LogP contribution in [0.15, 0.2) is 18.3 Å². The number of pyridine rings is 1. The molecule has 1 atom stereocenters. The number of amides is 2. The number of aryl methyl sites for hydroxylation is 1. The number of hydrogen-bond acceptors (Lipinski definition) is 4. The van der Waals surface area contributed by atoms with Crippen LogP contribution in [0.1, 0.15) is 24.6 Å². The second kappa shape index (κ2) is 5.27. The molecule has 1 aliphatic rings. The first-order valence-corrected chi connectivity index (χ1v) is 6.11. The second-order valence-electron chi connectivity index (χ2n) is 4.38. The average molecular weight is 247 g/mol. The molecule has 2 amide bonds. The lowest BCUT2D eigenvalue weighted by molar-refractivity contribution is -0.138. The Morgan fingerprint density at radius 3 is 2.89 bits per heavy atom. The molecule has 1 aromatic rings. The number of carbonyl (C=O) groups is 2. The van der Waals surface area contributed by atoms with E-state index in [1.165, 1.54) is 4.90 Å². The molecule has 1 unspecified atom stereocenters. The summed E-state index contributed by atoms with van der Waals surface area (Å²) in [5.74, 6) is -0.228. The maximum Gasteiger partial charge on any atom is 0.246 e. The standard InChI is InChI=1S/C13H17N3O2/c1-3-16-12(17)7-10(13(16)18)15-8-11-9(2)5-4-6-14-11/h4-6,10,15H,3,7-8H2,1-2H3. The molecule has 0 saturated carbocycles. The lowest BCUT2D eigenvalue weighted by Crippen LogP contribution is -2.38. The number of hydrogen-bond donors (Lipinski definition) is 1. The van der Waals surface area contributed by atoms with Gasteiger partial charge in [0.05, 0.1) is 18.2 Å². The zero-order valence-electron chi connectivity index (χ0n) is 10.6. The van der Waals surface area contributed by atoms with Crippen LogP contribution in [0.25, 0.3) is 0 Å². The van der Waals surface area contributed by atoms with E-state index >= 15 is 0 Å². The molecule has 1 fully saturated rings. The predicted molar refractivity (Wildman–Crippen MR) is 66.6 cm³/mol. The van der Waals surface area contributed by atoms with Crippen LogP contribution >= 0.6 is 0 Å². The highest BCUT2D eigenvalue weighted by Gasteiger charge is 2.37. The number of imide groups is 1. The topological polar surface area (TPSA) is 62.3 Å². The van der Waals surface area contributed by atoms with Crippen molar-refractivity contribution in [1.82, 2.24) is 15.2 Å². The Hall–Kier alpha value is -1.75. The van der Waals surface area contributed by atoms with Crippen molar-refractivity contribution in [3.63, 3.8) is 0 Å². The van der Waals surface area contributed by atoms with Gasteiger partial charge in [0.15, 0.2) is 0 Å². The molecule has 5 nitrogen and oxygen atoms in total. The minimum Gasteiger partial charge on any atom is -0.300 e. The number of likely N-dealkylation sites (tertiary alicyclic amines) is 1. The van der Waals surface area contributed by atoms with E-state index in [1.807, 2.05) is 19.1 Å². The third-order valence-electron chi connectivity index (χ3n) is 3.19. The maximum absolute atomic E-state index is 11.9. The third kappa shape index (κ3) is 2.41. The van der Waals surface area contributed by atoms with Gasteiger partial charge in [-0.05, 0) is 25.5 Å². The van der Waals surface area contributed by atoms with Crippen molar-refractivity contribution < 1.29 is 9.59 Å². The third-order valence-corrected chi connectivity index (χ3v) is 3.19. The highest BCUT2D eigenvalue weighted by Crippen LogP contribution is 2.13. The first kappa shape index (κ1) is 12.7. The number of nitrogens with one attached hydrogen (secondary N) is 1. The summed E-state index contributed by atoms with van der Waals surface area (Å²) < 4.78 is 0. The quantitative estimate of drug-likeness (QED) is 0.793. The monoisotopic (exact) mass is 247 g/mol. The maximum atomic E-state index is 11.9.